The summed E-state index contributed by atoms with van der Waals surface area (Å²) in [6.07, 6.45) is -27.0. The van der Waals surface area contributed by atoms with E-state index in [0.717, 1.165) is 38.5 Å². The summed E-state index contributed by atoms with van der Waals surface area (Å²) < 4.78 is 59.6. The van der Waals surface area contributed by atoms with E-state index in [1.165, 1.54) is 12.5 Å². The zero-order valence-electron chi connectivity index (χ0n) is 48.8. The third-order valence-corrected chi connectivity index (χ3v) is 22.7. The summed E-state index contributed by atoms with van der Waals surface area (Å²) >= 11 is 0. The number of aliphatic hydroxyl groups is 14. The second-order valence-corrected chi connectivity index (χ2v) is 28.2. The monoisotopic (exact) mass is 1190 g/mol. The Labute approximate surface area is 483 Å². The molecule has 9 fully saturated rings. The summed E-state index contributed by atoms with van der Waals surface area (Å²) in [6.45, 7) is 15.4. The topological polar surface area (TPSA) is 393 Å². The van der Waals surface area contributed by atoms with Crippen molar-refractivity contribution in [3.05, 3.63) is 11.6 Å². The van der Waals surface area contributed by atoms with Crippen molar-refractivity contribution in [2.24, 2.45) is 50.2 Å². The lowest BCUT2D eigenvalue weighted by atomic mass is 9.33. The highest BCUT2D eigenvalue weighted by Gasteiger charge is 2.70. The molecule has 0 radical (unpaired) electrons. The van der Waals surface area contributed by atoms with Gasteiger partial charge >= 0.3 is 5.97 Å². The summed E-state index contributed by atoms with van der Waals surface area (Å²) in [7, 11) is 0. The second kappa shape index (κ2) is 23.6. The van der Waals surface area contributed by atoms with E-state index in [9.17, 15) is 76.3 Å². The molecular weight excluding hydrogens is 1100 g/mol. The molecule has 25 nitrogen and oxygen atoms in total. The SMILES string of the molecule is C[C@@H]1O[C@@H](O[C@H]2[C@H](O[C@H]3CC[C@]4(C)[C@H]5CC=C6[C@@H]7CC(C)(C)CC[C@]7(C(=O)O[C@@H]7O[C@H](CO)[C@@H](O)[C@H](O)[C@H]7O)CC[C@@]6(C)[C@]5(C)CC[C@H]4C3(C)C)OC[C@@H](O)[C@@H]2O)[C@H](O)[C@H](O[C@@H]2OC[C@@H](O[C@@H]3O[C@H](CO)[C@@H](O)[C@H](O)[C@H]3O)[C@H](O)[C@H]2O)[C@H]1O. The van der Waals surface area contributed by atoms with Crippen LogP contribution in [0.5, 0.6) is 0 Å². The number of hydrogen-bond donors (Lipinski definition) is 14. The first-order chi connectivity index (χ1) is 38.9. The molecule has 14 N–H and O–H groups in total. The zero-order valence-corrected chi connectivity index (χ0v) is 48.8. The Morgan fingerprint density at radius 2 is 1.14 bits per heavy atom. The lowest BCUT2D eigenvalue weighted by Gasteiger charge is -2.71. The highest BCUT2D eigenvalue weighted by atomic mass is 16.8. The van der Waals surface area contributed by atoms with Gasteiger partial charge in [0.15, 0.2) is 25.2 Å². The number of fused-ring (bicyclic) bond motifs is 7. The van der Waals surface area contributed by atoms with Gasteiger partial charge in [0.05, 0.1) is 44.1 Å². The van der Waals surface area contributed by atoms with Crippen molar-refractivity contribution in [1.82, 2.24) is 0 Å². The maximum Gasteiger partial charge on any atom is 0.315 e. The number of carbonyl (C=O) groups is 1. The highest BCUT2D eigenvalue weighted by molar-refractivity contribution is 5.79. The second-order valence-electron chi connectivity index (χ2n) is 28.2. The Bertz CT molecular complexity index is 2310. The minimum Gasteiger partial charge on any atom is -0.432 e. The molecule has 5 saturated heterocycles. The Balaban J connectivity index is 0.819. The Morgan fingerprint density at radius 3 is 1.81 bits per heavy atom. The molecule has 4 saturated carbocycles. The molecule has 0 bridgehead atoms. The van der Waals surface area contributed by atoms with Gasteiger partial charge in [-0.2, -0.15) is 0 Å². The normalized spacial score (nSPS) is 54.2. The zero-order chi connectivity index (χ0) is 60.4. The van der Waals surface area contributed by atoms with Crippen LogP contribution in [0.3, 0.4) is 0 Å². The van der Waals surface area contributed by atoms with E-state index in [1.54, 1.807) is 0 Å². The van der Waals surface area contributed by atoms with Crippen molar-refractivity contribution in [3.63, 3.8) is 0 Å². The fourth-order valence-electron chi connectivity index (χ4n) is 17.3. The largest absolute Gasteiger partial charge is 0.432 e. The third-order valence-electron chi connectivity index (χ3n) is 22.7. The summed E-state index contributed by atoms with van der Waals surface area (Å²) in [5.41, 5.74) is -0.888. The lowest BCUT2D eigenvalue weighted by Crippen LogP contribution is -2.66. The van der Waals surface area contributed by atoms with Gasteiger partial charge in [-0.15, -0.1) is 0 Å². The molecule has 0 amide bonds. The Morgan fingerprint density at radius 1 is 0.554 bits per heavy atom. The van der Waals surface area contributed by atoms with Gasteiger partial charge in [-0.25, -0.2) is 0 Å². The molecule has 476 valence electrons. The quantitative estimate of drug-likeness (QED) is 0.0576. The molecule has 5 aliphatic carbocycles. The number of esters is 1. The number of ether oxygens (including phenoxy) is 10. The van der Waals surface area contributed by atoms with Gasteiger partial charge in [0.2, 0.25) is 6.29 Å². The molecular formula is C58H94O25. The molecule has 10 aliphatic rings. The van der Waals surface area contributed by atoms with Gasteiger partial charge in [0, 0.05) is 0 Å². The molecule has 0 unspecified atom stereocenters. The summed E-state index contributed by atoms with van der Waals surface area (Å²) in [5.74, 6) is -0.298. The summed E-state index contributed by atoms with van der Waals surface area (Å²) in [5, 5.41) is 150. The Kier molecular flexibility index (Phi) is 18.3. The van der Waals surface area contributed by atoms with Crippen molar-refractivity contribution >= 4 is 5.97 Å². The minimum absolute atomic E-state index is 0.0858. The van der Waals surface area contributed by atoms with E-state index in [-0.39, 0.29) is 46.0 Å². The average Bonchev–Trinajstić information content (AvgIpc) is 0.782. The Hall–Kier alpha value is -1.71. The maximum atomic E-state index is 14.8. The molecule has 0 spiro atoms. The lowest BCUT2D eigenvalue weighted by molar-refractivity contribution is -0.382. The highest BCUT2D eigenvalue weighted by Crippen LogP contribution is 2.76. The van der Waals surface area contributed by atoms with Crippen LogP contribution >= 0.6 is 0 Å². The number of rotatable bonds is 12. The minimum atomic E-state index is -1.89. The predicted octanol–water partition coefficient (Wildman–Crippen LogP) is -1.91. The molecule has 0 aromatic carbocycles. The van der Waals surface area contributed by atoms with Gasteiger partial charge in [-0.1, -0.05) is 60.1 Å². The molecule has 31 atom stereocenters. The molecule has 0 aromatic rings. The van der Waals surface area contributed by atoms with Crippen molar-refractivity contribution in [2.75, 3.05) is 26.4 Å². The predicted molar refractivity (Wildman–Crippen MR) is 282 cm³/mol. The number of allylic oxidation sites excluding steroid dienone is 2. The third kappa shape index (κ3) is 10.8. The summed E-state index contributed by atoms with van der Waals surface area (Å²) in [4.78, 5) is 14.8. The fourth-order valence-corrected chi connectivity index (χ4v) is 17.3. The maximum absolute atomic E-state index is 14.8. The van der Waals surface area contributed by atoms with Crippen LogP contribution in [-0.2, 0) is 52.2 Å². The molecule has 5 aliphatic heterocycles. The van der Waals surface area contributed by atoms with Gasteiger partial charge in [0.25, 0.3) is 0 Å². The standard InChI is InChI=1S/C58H94O25/c1-24-34(62)45(81-47-41(69)38(66)30(23-75-47)79-48-42(70)39(67)36(64)28(20-59)77-48)44(72)50(76-24)82-46-35(63)27(61)22-74-51(46)80-33-12-13-55(6)31(54(33,4)5)11-14-57(8)32(55)10-9-25-26-19-53(2,3)15-17-58(26,18-16-56(25,57)7)52(73)83-49-43(71)40(68)37(65)29(21-60)78-49/h9,24,26-51,59-72H,10-23H2,1-8H3/t24-,26-,27+,28+,29+,30+,31-,32+,33-,34-,35-,36+,37+,38-,39-,40-,41+,42+,43+,44+,45+,46+,47-,48-,49-,50-,51-,55-,56+,57+,58-/m0/s1. The molecule has 25 heteroatoms. The van der Waals surface area contributed by atoms with Crippen molar-refractivity contribution in [3.8, 4) is 0 Å². The number of carbonyl (C=O) groups excluding carboxylic acids is 1. The van der Waals surface area contributed by atoms with E-state index < -0.39 is 184 Å². The molecule has 83 heavy (non-hydrogen) atoms. The first kappa shape index (κ1) is 64.3. The molecule has 5 heterocycles. The van der Waals surface area contributed by atoms with Gasteiger partial charge in [-0.05, 0) is 116 Å². The van der Waals surface area contributed by atoms with E-state index in [4.69, 9.17) is 47.4 Å². The van der Waals surface area contributed by atoms with Crippen LogP contribution in [0.4, 0.5) is 0 Å². The first-order valence-corrected chi connectivity index (χ1v) is 30.0. The van der Waals surface area contributed by atoms with Gasteiger partial charge in [-0.3, -0.25) is 4.79 Å². The van der Waals surface area contributed by atoms with Crippen LogP contribution in [0.15, 0.2) is 11.6 Å². The number of hydrogen-bond acceptors (Lipinski definition) is 25. The van der Waals surface area contributed by atoms with Crippen molar-refractivity contribution in [1.29, 1.82) is 0 Å². The average molecular weight is 1190 g/mol. The van der Waals surface area contributed by atoms with E-state index in [0.29, 0.717) is 25.7 Å². The molecule has 0 aromatic heterocycles. The first-order valence-electron chi connectivity index (χ1n) is 30.0. The van der Waals surface area contributed by atoms with E-state index in [2.05, 4.69) is 54.5 Å². The van der Waals surface area contributed by atoms with Crippen LogP contribution in [0, 0.1) is 50.2 Å². The van der Waals surface area contributed by atoms with Crippen LogP contribution in [-0.4, -0.2) is 251 Å². The van der Waals surface area contributed by atoms with Crippen molar-refractivity contribution in [2.45, 2.75) is 267 Å². The van der Waals surface area contributed by atoms with Gasteiger partial charge in [0.1, 0.15) is 104 Å². The number of aliphatic hydroxyl groups excluding tert-OH is 14. The van der Waals surface area contributed by atoms with E-state index in [1.807, 2.05) is 0 Å². The van der Waals surface area contributed by atoms with Crippen LogP contribution in [0.2, 0.25) is 0 Å². The molecule has 10 rings (SSSR count). The van der Waals surface area contributed by atoms with Crippen LogP contribution in [0.25, 0.3) is 0 Å². The smallest absolute Gasteiger partial charge is 0.315 e. The van der Waals surface area contributed by atoms with E-state index >= 15 is 0 Å². The van der Waals surface area contributed by atoms with Crippen LogP contribution in [0.1, 0.15) is 120 Å². The van der Waals surface area contributed by atoms with Gasteiger partial charge < -0.3 is 119 Å². The van der Waals surface area contributed by atoms with Crippen LogP contribution < -0.4 is 0 Å². The van der Waals surface area contributed by atoms with Crippen molar-refractivity contribution < 1.29 is 124 Å². The summed E-state index contributed by atoms with van der Waals surface area (Å²) in [6, 6.07) is 0. The fraction of sp³-hybridized carbons (Fsp3) is 0.948.